The van der Waals surface area contributed by atoms with Crippen LogP contribution in [0.25, 0.3) is 16.9 Å². The first-order valence-electron chi connectivity index (χ1n) is 8.35. The number of hydrogen-bond acceptors (Lipinski definition) is 6. The first-order valence-corrected chi connectivity index (χ1v) is 8.35. The van der Waals surface area contributed by atoms with E-state index in [1.165, 1.54) is 0 Å². The van der Waals surface area contributed by atoms with Crippen molar-refractivity contribution in [3.05, 3.63) is 60.9 Å². The summed E-state index contributed by atoms with van der Waals surface area (Å²) in [7, 11) is 0. The highest BCUT2D eigenvalue weighted by Crippen LogP contribution is 2.27. The Balaban J connectivity index is 1.77. The van der Waals surface area contributed by atoms with Gasteiger partial charge in [0.05, 0.1) is 18.5 Å². The summed E-state index contributed by atoms with van der Waals surface area (Å²) in [5.74, 6) is 1.28. The fourth-order valence-corrected chi connectivity index (χ4v) is 2.76. The van der Waals surface area contributed by atoms with Gasteiger partial charge in [-0.3, -0.25) is 9.38 Å². The van der Waals surface area contributed by atoms with Crippen molar-refractivity contribution in [3.63, 3.8) is 0 Å². The number of rotatable bonds is 5. The van der Waals surface area contributed by atoms with Crippen molar-refractivity contribution in [3.8, 4) is 17.1 Å². The molecule has 0 amide bonds. The molecule has 26 heavy (non-hydrogen) atoms. The Hall–Kier alpha value is -3.48. The third-order valence-electron chi connectivity index (χ3n) is 4.02. The Labute approximate surface area is 150 Å². The van der Waals surface area contributed by atoms with Crippen molar-refractivity contribution in [2.75, 3.05) is 11.9 Å². The quantitative estimate of drug-likeness (QED) is 0.594. The van der Waals surface area contributed by atoms with E-state index in [2.05, 4.69) is 25.3 Å². The number of fused-ring (bicyclic) bond motifs is 1. The fourth-order valence-electron chi connectivity index (χ4n) is 2.76. The van der Waals surface area contributed by atoms with Gasteiger partial charge in [-0.15, -0.1) is 0 Å². The van der Waals surface area contributed by atoms with E-state index in [0.29, 0.717) is 18.3 Å². The zero-order chi connectivity index (χ0) is 17.9. The van der Waals surface area contributed by atoms with E-state index in [0.717, 1.165) is 28.2 Å². The Morgan fingerprint density at radius 3 is 2.85 bits per heavy atom. The van der Waals surface area contributed by atoms with Crippen LogP contribution in [0.3, 0.4) is 0 Å². The minimum Gasteiger partial charge on any atom is -0.478 e. The lowest BCUT2D eigenvalue weighted by Crippen LogP contribution is -2.02. The van der Waals surface area contributed by atoms with Crippen molar-refractivity contribution in [1.29, 1.82) is 0 Å². The Morgan fingerprint density at radius 2 is 2.00 bits per heavy atom. The minimum atomic E-state index is 0.573. The first-order chi connectivity index (χ1) is 12.8. The van der Waals surface area contributed by atoms with Crippen molar-refractivity contribution < 1.29 is 4.74 Å². The molecule has 0 spiro atoms. The molecule has 0 unspecified atom stereocenters. The van der Waals surface area contributed by atoms with Gasteiger partial charge in [0.1, 0.15) is 0 Å². The molecule has 4 aromatic rings. The molecule has 0 saturated heterocycles. The molecule has 0 saturated carbocycles. The Morgan fingerprint density at radius 1 is 1.08 bits per heavy atom. The molecule has 0 aliphatic rings. The molecule has 130 valence electrons. The number of ether oxygens (including phenoxy) is 1. The van der Waals surface area contributed by atoms with E-state index in [1.54, 1.807) is 18.6 Å². The van der Waals surface area contributed by atoms with Gasteiger partial charge in [-0.1, -0.05) is 0 Å². The number of hydrogen-bond donors (Lipinski definition) is 1. The highest BCUT2D eigenvalue weighted by Gasteiger charge is 2.12. The van der Waals surface area contributed by atoms with Crippen molar-refractivity contribution in [1.82, 2.24) is 24.3 Å². The SMILES string of the molecule is CCOc1cc(-c2cnc(Nc3ccncc3C)c3nccn23)ccn1. The summed E-state index contributed by atoms with van der Waals surface area (Å²) in [5, 5.41) is 3.34. The number of imidazole rings is 1. The largest absolute Gasteiger partial charge is 0.478 e. The summed E-state index contributed by atoms with van der Waals surface area (Å²) in [5.41, 5.74) is 4.61. The fraction of sp³-hybridized carbons (Fsp3) is 0.158. The first kappa shape index (κ1) is 16.0. The topological polar surface area (TPSA) is 77.2 Å². The maximum absolute atomic E-state index is 5.50. The number of pyridine rings is 2. The van der Waals surface area contributed by atoms with E-state index >= 15 is 0 Å². The minimum absolute atomic E-state index is 0.573. The van der Waals surface area contributed by atoms with Gasteiger partial charge in [0.25, 0.3) is 0 Å². The lowest BCUT2D eigenvalue weighted by atomic mass is 10.2. The molecule has 0 radical (unpaired) electrons. The number of aromatic nitrogens is 5. The number of anilines is 2. The van der Waals surface area contributed by atoms with Crippen molar-refractivity contribution >= 4 is 17.2 Å². The lowest BCUT2D eigenvalue weighted by molar-refractivity contribution is 0.327. The van der Waals surface area contributed by atoms with Crippen LogP contribution in [-0.2, 0) is 0 Å². The van der Waals surface area contributed by atoms with Crippen LogP contribution in [-0.4, -0.2) is 30.9 Å². The van der Waals surface area contributed by atoms with E-state index in [1.807, 2.05) is 55.0 Å². The van der Waals surface area contributed by atoms with Gasteiger partial charge in [-0.05, 0) is 31.5 Å². The van der Waals surface area contributed by atoms with Gasteiger partial charge in [0, 0.05) is 48.3 Å². The lowest BCUT2D eigenvalue weighted by Gasteiger charge is -2.12. The monoisotopic (exact) mass is 346 g/mol. The zero-order valence-corrected chi connectivity index (χ0v) is 14.5. The number of nitrogens with zero attached hydrogens (tertiary/aromatic N) is 5. The van der Waals surface area contributed by atoms with Crippen LogP contribution < -0.4 is 10.1 Å². The van der Waals surface area contributed by atoms with Crippen molar-refractivity contribution in [2.24, 2.45) is 0 Å². The molecule has 0 aliphatic heterocycles. The summed E-state index contributed by atoms with van der Waals surface area (Å²) in [6, 6.07) is 5.75. The van der Waals surface area contributed by atoms with Gasteiger partial charge in [0.15, 0.2) is 11.5 Å². The molecule has 4 rings (SSSR count). The Bertz CT molecular complexity index is 1060. The van der Waals surface area contributed by atoms with Crippen LogP contribution in [0, 0.1) is 6.92 Å². The average molecular weight is 346 g/mol. The maximum atomic E-state index is 5.50. The predicted octanol–water partition coefficient (Wildman–Crippen LogP) is 3.64. The van der Waals surface area contributed by atoms with E-state index in [9.17, 15) is 0 Å². The summed E-state index contributed by atoms with van der Waals surface area (Å²) in [6.07, 6.45) is 10.8. The number of nitrogens with one attached hydrogen (secondary N) is 1. The van der Waals surface area contributed by atoms with Gasteiger partial charge >= 0.3 is 0 Å². The van der Waals surface area contributed by atoms with Gasteiger partial charge in [-0.25, -0.2) is 15.0 Å². The second-order valence-electron chi connectivity index (χ2n) is 5.74. The molecule has 4 aromatic heterocycles. The third kappa shape index (κ3) is 2.95. The highest BCUT2D eigenvalue weighted by atomic mass is 16.5. The normalized spacial score (nSPS) is 10.8. The predicted molar refractivity (Wildman–Crippen MR) is 99.6 cm³/mol. The Kier molecular flexibility index (Phi) is 4.18. The van der Waals surface area contributed by atoms with Crippen LogP contribution >= 0.6 is 0 Å². The molecule has 7 heteroatoms. The molecule has 7 nitrogen and oxygen atoms in total. The molecular formula is C19H18N6O. The van der Waals surface area contributed by atoms with Gasteiger partial charge < -0.3 is 10.1 Å². The number of aryl methyl sites for hydroxylation is 1. The van der Waals surface area contributed by atoms with Crippen LogP contribution in [0.2, 0.25) is 0 Å². The van der Waals surface area contributed by atoms with Crippen LogP contribution in [0.5, 0.6) is 5.88 Å². The summed E-state index contributed by atoms with van der Waals surface area (Å²) in [4.78, 5) is 17.4. The van der Waals surface area contributed by atoms with E-state index in [-0.39, 0.29) is 0 Å². The maximum Gasteiger partial charge on any atom is 0.213 e. The summed E-state index contributed by atoms with van der Waals surface area (Å²) in [6.45, 7) is 4.51. The molecule has 0 fully saturated rings. The molecule has 0 atom stereocenters. The second kappa shape index (κ2) is 6.79. The van der Waals surface area contributed by atoms with E-state index in [4.69, 9.17) is 4.74 Å². The average Bonchev–Trinajstić information content (AvgIpc) is 3.14. The molecule has 1 N–H and O–H groups in total. The van der Waals surface area contributed by atoms with Gasteiger partial charge in [0.2, 0.25) is 5.88 Å². The van der Waals surface area contributed by atoms with Crippen LogP contribution in [0.1, 0.15) is 12.5 Å². The second-order valence-corrected chi connectivity index (χ2v) is 5.74. The summed E-state index contributed by atoms with van der Waals surface area (Å²) >= 11 is 0. The molecule has 0 aliphatic carbocycles. The highest BCUT2D eigenvalue weighted by molar-refractivity contribution is 5.75. The summed E-state index contributed by atoms with van der Waals surface area (Å²) < 4.78 is 7.50. The van der Waals surface area contributed by atoms with Crippen LogP contribution in [0.15, 0.2) is 55.4 Å². The smallest absolute Gasteiger partial charge is 0.213 e. The van der Waals surface area contributed by atoms with Gasteiger partial charge in [-0.2, -0.15) is 0 Å². The van der Waals surface area contributed by atoms with Crippen molar-refractivity contribution in [2.45, 2.75) is 13.8 Å². The van der Waals surface area contributed by atoms with Crippen LogP contribution in [0.4, 0.5) is 11.5 Å². The molecule has 0 aromatic carbocycles. The zero-order valence-electron chi connectivity index (χ0n) is 14.5. The third-order valence-corrected chi connectivity index (χ3v) is 4.02. The molecule has 0 bridgehead atoms. The van der Waals surface area contributed by atoms with E-state index < -0.39 is 0 Å². The molecular weight excluding hydrogens is 328 g/mol. The molecule has 4 heterocycles. The standard InChI is InChI=1S/C19H18N6O/c1-3-26-17-10-14(4-7-21-17)16-12-23-18(19-22-8-9-25(16)19)24-15-5-6-20-11-13(15)2/h4-12H,3H2,1-2H3,(H,20,23,24).